The summed E-state index contributed by atoms with van der Waals surface area (Å²) >= 11 is 0. The molecule has 6 nitrogen and oxygen atoms in total. The Morgan fingerprint density at radius 2 is 2.00 bits per heavy atom. The average molecular weight is 322 g/mol. The molecule has 4 N–H and O–H groups in total. The minimum absolute atomic E-state index is 0. The predicted molar refractivity (Wildman–Crippen MR) is 81.5 cm³/mol. The highest BCUT2D eigenvalue weighted by Crippen LogP contribution is 2.19. The Balaban J connectivity index is 0.00000361. The van der Waals surface area contributed by atoms with Gasteiger partial charge in [0.25, 0.3) is 0 Å². The molecular formula is C12H20ClN3O3S. The molecule has 20 heavy (non-hydrogen) atoms. The molecule has 1 atom stereocenters. The van der Waals surface area contributed by atoms with Gasteiger partial charge in [-0.05, 0) is 31.7 Å². The lowest BCUT2D eigenvalue weighted by atomic mass is 10.1. The van der Waals surface area contributed by atoms with Crippen molar-refractivity contribution in [2.24, 2.45) is 11.1 Å². The molecule has 1 amide bonds. The van der Waals surface area contributed by atoms with Crippen molar-refractivity contribution < 1.29 is 13.2 Å². The van der Waals surface area contributed by atoms with E-state index in [1.165, 1.54) is 6.07 Å². The van der Waals surface area contributed by atoms with Crippen LogP contribution < -0.4 is 15.8 Å². The third-order valence-corrected chi connectivity index (χ3v) is 3.77. The average Bonchev–Trinajstić information content (AvgIpc) is 2.30. The van der Waals surface area contributed by atoms with E-state index in [4.69, 9.17) is 5.14 Å². The van der Waals surface area contributed by atoms with Crippen LogP contribution in [0.1, 0.15) is 12.5 Å². The molecule has 0 spiro atoms. The first kappa shape index (κ1) is 18.9. The molecule has 0 bridgehead atoms. The topological polar surface area (TPSA) is 101 Å². The second-order valence-electron chi connectivity index (χ2n) is 4.47. The number of hydrogen-bond donors (Lipinski definition) is 3. The summed E-state index contributed by atoms with van der Waals surface area (Å²) in [6.45, 7) is 3.97. The van der Waals surface area contributed by atoms with Gasteiger partial charge >= 0.3 is 0 Å². The van der Waals surface area contributed by atoms with Gasteiger partial charge in [-0.2, -0.15) is 0 Å². The van der Waals surface area contributed by atoms with E-state index < -0.39 is 10.0 Å². The molecular weight excluding hydrogens is 302 g/mol. The Hall–Kier alpha value is -1.15. The van der Waals surface area contributed by atoms with Crippen LogP contribution in [0.3, 0.4) is 0 Å². The third-order valence-electron chi connectivity index (χ3n) is 2.72. The fourth-order valence-corrected chi connectivity index (χ4v) is 2.46. The van der Waals surface area contributed by atoms with Gasteiger partial charge in [-0.15, -0.1) is 12.4 Å². The maximum Gasteiger partial charge on any atom is 0.238 e. The number of carbonyl (C=O) groups excluding carboxylic acids is 1. The van der Waals surface area contributed by atoms with Gasteiger partial charge < -0.3 is 10.6 Å². The van der Waals surface area contributed by atoms with Crippen LogP contribution in [0.2, 0.25) is 0 Å². The van der Waals surface area contributed by atoms with Gasteiger partial charge in [0.15, 0.2) is 0 Å². The Bertz CT molecular complexity index is 575. The Kier molecular flexibility index (Phi) is 7.15. The fourth-order valence-electron chi connectivity index (χ4n) is 1.65. The van der Waals surface area contributed by atoms with Crippen molar-refractivity contribution in [3.8, 4) is 0 Å². The number of primary sulfonamides is 1. The van der Waals surface area contributed by atoms with Gasteiger partial charge in [0.1, 0.15) is 0 Å². The van der Waals surface area contributed by atoms with Crippen LogP contribution in [0.25, 0.3) is 0 Å². The van der Waals surface area contributed by atoms with Gasteiger partial charge in [0, 0.05) is 18.2 Å². The lowest BCUT2D eigenvalue weighted by Gasteiger charge is -2.13. The van der Waals surface area contributed by atoms with Gasteiger partial charge in [-0.3, -0.25) is 4.79 Å². The predicted octanol–water partition coefficient (Wildman–Crippen LogP) is 0.858. The largest absolute Gasteiger partial charge is 0.326 e. The minimum Gasteiger partial charge on any atom is -0.326 e. The summed E-state index contributed by atoms with van der Waals surface area (Å²) in [5.41, 5.74) is 0.964. The fraction of sp³-hybridized carbons (Fsp3) is 0.417. The van der Waals surface area contributed by atoms with E-state index in [9.17, 15) is 13.2 Å². The molecule has 0 saturated carbocycles. The number of hydrogen-bond acceptors (Lipinski definition) is 4. The zero-order chi connectivity index (χ0) is 14.6. The van der Waals surface area contributed by atoms with E-state index in [0.29, 0.717) is 17.8 Å². The highest BCUT2D eigenvalue weighted by molar-refractivity contribution is 7.89. The minimum atomic E-state index is -3.79. The zero-order valence-electron chi connectivity index (χ0n) is 11.6. The molecule has 0 aliphatic rings. The van der Waals surface area contributed by atoms with E-state index in [1.54, 1.807) is 33.0 Å². The summed E-state index contributed by atoms with van der Waals surface area (Å²) in [5, 5.41) is 10.7. The number of carbonyl (C=O) groups is 1. The molecule has 1 rings (SSSR count). The Labute approximate surface area is 125 Å². The lowest BCUT2D eigenvalue weighted by molar-refractivity contribution is -0.119. The number of halogens is 1. The third kappa shape index (κ3) is 5.09. The standard InChI is InChI=1S/C12H19N3O3S.ClH/c1-8-4-5-10(6-11(8)19(13,17)18)15-12(16)9(2)7-14-3;/h4-6,9,14H,7H2,1-3H3,(H,15,16)(H2,13,17,18);1H. The summed E-state index contributed by atoms with van der Waals surface area (Å²) in [5.74, 6) is -0.400. The number of aryl methyl sites for hydroxylation is 1. The monoisotopic (exact) mass is 321 g/mol. The smallest absolute Gasteiger partial charge is 0.238 e. The maximum atomic E-state index is 11.8. The number of amides is 1. The molecule has 1 unspecified atom stereocenters. The van der Waals surface area contributed by atoms with E-state index in [2.05, 4.69) is 10.6 Å². The van der Waals surface area contributed by atoms with Crippen LogP contribution in [0, 0.1) is 12.8 Å². The molecule has 0 aliphatic heterocycles. The van der Waals surface area contributed by atoms with Crippen LogP contribution >= 0.6 is 12.4 Å². The Morgan fingerprint density at radius 1 is 1.40 bits per heavy atom. The van der Waals surface area contributed by atoms with E-state index in [-0.39, 0.29) is 29.1 Å². The number of anilines is 1. The van der Waals surface area contributed by atoms with Crippen molar-refractivity contribution in [2.75, 3.05) is 18.9 Å². The van der Waals surface area contributed by atoms with Gasteiger partial charge in [-0.25, -0.2) is 13.6 Å². The summed E-state index contributed by atoms with van der Waals surface area (Å²) in [7, 11) is -2.03. The van der Waals surface area contributed by atoms with E-state index >= 15 is 0 Å². The molecule has 0 saturated heterocycles. The van der Waals surface area contributed by atoms with Crippen LogP contribution in [-0.2, 0) is 14.8 Å². The lowest BCUT2D eigenvalue weighted by Crippen LogP contribution is -2.28. The highest BCUT2D eigenvalue weighted by atomic mass is 35.5. The van der Waals surface area contributed by atoms with Crippen molar-refractivity contribution in [2.45, 2.75) is 18.7 Å². The number of nitrogens with two attached hydrogens (primary N) is 1. The van der Waals surface area contributed by atoms with Crippen molar-refractivity contribution in [3.63, 3.8) is 0 Å². The summed E-state index contributed by atoms with van der Waals surface area (Å²) in [6, 6.07) is 4.63. The van der Waals surface area contributed by atoms with Gasteiger partial charge in [-0.1, -0.05) is 13.0 Å². The molecule has 0 heterocycles. The van der Waals surface area contributed by atoms with Crippen LogP contribution in [0.15, 0.2) is 23.1 Å². The quantitative estimate of drug-likeness (QED) is 0.748. The molecule has 0 radical (unpaired) electrons. The normalized spacial score (nSPS) is 12.4. The van der Waals surface area contributed by atoms with Crippen molar-refractivity contribution in [1.29, 1.82) is 0 Å². The SMILES string of the molecule is CNCC(C)C(=O)Nc1ccc(C)c(S(N)(=O)=O)c1.Cl. The van der Waals surface area contributed by atoms with Crippen LogP contribution in [0.5, 0.6) is 0 Å². The molecule has 1 aromatic rings. The first-order valence-electron chi connectivity index (χ1n) is 5.84. The Morgan fingerprint density at radius 3 is 2.50 bits per heavy atom. The summed E-state index contributed by atoms with van der Waals surface area (Å²) < 4.78 is 22.8. The van der Waals surface area contributed by atoms with Crippen LogP contribution in [0.4, 0.5) is 5.69 Å². The molecule has 0 aromatic heterocycles. The van der Waals surface area contributed by atoms with Crippen molar-refractivity contribution in [3.05, 3.63) is 23.8 Å². The first-order valence-corrected chi connectivity index (χ1v) is 7.39. The first-order chi connectivity index (χ1) is 8.75. The zero-order valence-corrected chi connectivity index (χ0v) is 13.3. The van der Waals surface area contributed by atoms with Gasteiger partial charge in [0.05, 0.1) is 4.90 Å². The summed E-state index contributed by atoms with van der Waals surface area (Å²) in [4.78, 5) is 11.8. The second-order valence-corrected chi connectivity index (χ2v) is 6.00. The van der Waals surface area contributed by atoms with Crippen molar-refractivity contribution in [1.82, 2.24) is 5.32 Å². The van der Waals surface area contributed by atoms with E-state index in [0.717, 1.165) is 0 Å². The molecule has 0 aliphatic carbocycles. The van der Waals surface area contributed by atoms with Crippen molar-refractivity contribution >= 4 is 34.0 Å². The molecule has 8 heteroatoms. The van der Waals surface area contributed by atoms with Gasteiger partial charge in [0.2, 0.25) is 15.9 Å². The van der Waals surface area contributed by atoms with E-state index in [1.807, 2.05) is 0 Å². The maximum absolute atomic E-state index is 11.8. The molecule has 1 aromatic carbocycles. The highest BCUT2D eigenvalue weighted by Gasteiger charge is 2.15. The summed E-state index contributed by atoms with van der Waals surface area (Å²) in [6.07, 6.45) is 0. The van der Waals surface area contributed by atoms with Crippen LogP contribution in [-0.4, -0.2) is 27.9 Å². The molecule has 0 fully saturated rings. The number of nitrogens with one attached hydrogen (secondary N) is 2. The number of sulfonamides is 1. The number of rotatable bonds is 5. The molecule has 114 valence electrons. The number of benzene rings is 1. The second kappa shape index (κ2) is 7.58.